The molecule has 0 aliphatic rings. The van der Waals surface area contributed by atoms with Gasteiger partial charge in [-0.15, -0.1) is 10.2 Å². The van der Waals surface area contributed by atoms with Crippen molar-refractivity contribution >= 4 is 11.8 Å². The van der Waals surface area contributed by atoms with Crippen molar-refractivity contribution in [1.29, 1.82) is 0 Å². The highest BCUT2D eigenvalue weighted by molar-refractivity contribution is 5.85. The van der Waals surface area contributed by atoms with E-state index in [4.69, 9.17) is 5.11 Å². The molecule has 0 amide bonds. The number of aromatic carboxylic acids is 1. The fraction of sp³-hybridized carbons (Fsp3) is 0.583. The Bertz CT molecular complexity index is 392. The van der Waals surface area contributed by atoms with Crippen LogP contribution in [0.15, 0.2) is 12.1 Å². The zero-order valence-corrected chi connectivity index (χ0v) is 11.3. The zero-order chi connectivity index (χ0) is 13.7. The molecule has 0 bridgehead atoms. The van der Waals surface area contributed by atoms with Crippen LogP contribution in [-0.4, -0.2) is 59.4 Å². The highest BCUT2D eigenvalue weighted by Gasteiger charge is 2.16. The molecule has 0 saturated carbocycles. The van der Waals surface area contributed by atoms with Crippen LogP contribution in [0, 0.1) is 0 Å². The van der Waals surface area contributed by atoms with Crippen LogP contribution in [0.1, 0.15) is 24.3 Å². The number of aromatic nitrogens is 2. The first-order valence-electron chi connectivity index (χ1n) is 5.94. The summed E-state index contributed by atoms with van der Waals surface area (Å²) in [7, 11) is 4.03. The van der Waals surface area contributed by atoms with Gasteiger partial charge in [0, 0.05) is 19.1 Å². The van der Waals surface area contributed by atoms with Crippen LogP contribution >= 0.6 is 0 Å². The van der Waals surface area contributed by atoms with Crippen molar-refractivity contribution in [3.8, 4) is 0 Å². The van der Waals surface area contributed by atoms with E-state index in [2.05, 4.69) is 26.9 Å². The number of anilines is 1. The van der Waals surface area contributed by atoms with Crippen molar-refractivity contribution in [2.75, 3.05) is 32.1 Å². The summed E-state index contributed by atoms with van der Waals surface area (Å²) in [6, 6.07) is 3.47. The third-order valence-electron chi connectivity index (χ3n) is 2.67. The third-order valence-corrected chi connectivity index (χ3v) is 2.67. The standard InChI is InChI=1S/C12H20N4O2/c1-5-16(9(2)8-15(3)4)11-7-6-10(12(17)18)13-14-11/h6-7,9H,5,8H2,1-4H3,(H,17,18). The topological polar surface area (TPSA) is 69.6 Å². The molecule has 1 aromatic heterocycles. The van der Waals surface area contributed by atoms with Crippen LogP contribution in [0.5, 0.6) is 0 Å². The van der Waals surface area contributed by atoms with Gasteiger partial charge < -0.3 is 14.9 Å². The van der Waals surface area contributed by atoms with Gasteiger partial charge >= 0.3 is 5.97 Å². The number of likely N-dealkylation sites (N-methyl/N-ethyl adjacent to an activating group) is 2. The molecule has 1 N–H and O–H groups in total. The lowest BCUT2D eigenvalue weighted by atomic mass is 10.2. The largest absolute Gasteiger partial charge is 0.476 e. The SMILES string of the molecule is CCN(c1ccc(C(=O)O)nn1)C(C)CN(C)C. The van der Waals surface area contributed by atoms with Crippen molar-refractivity contribution < 1.29 is 9.90 Å². The lowest BCUT2D eigenvalue weighted by molar-refractivity contribution is 0.0689. The molecule has 0 aromatic carbocycles. The Hall–Kier alpha value is -1.69. The molecule has 0 aliphatic heterocycles. The van der Waals surface area contributed by atoms with Gasteiger partial charge in [-0.2, -0.15) is 0 Å². The van der Waals surface area contributed by atoms with Gasteiger partial charge in [-0.05, 0) is 40.1 Å². The summed E-state index contributed by atoms with van der Waals surface area (Å²) in [4.78, 5) is 14.9. The maximum Gasteiger partial charge on any atom is 0.356 e. The summed E-state index contributed by atoms with van der Waals surface area (Å²) < 4.78 is 0. The van der Waals surface area contributed by atoms with Gasteiger partial charge in [-0.25, -0.2) is 4.79 Å². The molecule has 0 aliphatic carbocycles. The van der Waals surface area contributed by atoms with Crippen molar-refractivity contribution in [2.45, 2.75) is 19.9 Å². The van der Waals surface area contributed by atoms with Crippen LogP contribution in [-0.2, 0) is 0 Å². The van der Waals surface area contributed by atoms with Gasteiger partial charge in [0.15, 0.2) is 11.5 Å². The van der Waals surface area contributed by atoms with Gasteiger partial charge in [-0.1, -0.05) is 0 Å². The molecule has 0 fully saturated rings. The summed E-state index contributed by atoms with van der Waals surface area (Å²) in [5.74, 6) is -0.352. The Morgan fingerprint density at radius 2 is 2.06 bits per heavy atom. The highest BCUT2D eigenvalue weighted by atomic mass is 16.4. The normalized spacial score (nSPS) is 12.5. The molecular formula is C12H20N4O2. The lowest BCUT2D eigenvalue weighted by Crippen LogP contribution is -2.40. The van der Waals surface area contributed by atoms with E-state index in [0.29, 0.717) is 5.82 Å². The summed E-state index contributed by atoms with van der Waals surface area (Å²) in [6.45, 7) is 5.85. The molecule has 100 valence electrons. The molecule has 0 spiro atoms. The molecular weight excluding hydrogens is 232 g/mol. The Labute approximate surface area is 107 Å². The fourth-order valence-corrected chi connectivity index (χ4v) is 1.92. The second-order valence-electron chi connectivity index (χ2n) is 4.48. The molecule has 1 aromatic rings. The van der Waals surface area contributed by atoms with E-state index in [1.807, 2.05) is 21.0 Å². The highest BCUT2D eigenvalue weighted by Crippen LogP contribution is 2.13. The van der Waals surface area contributed by atoms with Crippen molar-refractivity contribution in [3.05, 3.63) is 17.8 Å². The minimum atomic E-state index is -1.06. The van der Waals surface area contributed by atoms with E-state index in [1.54, 1.807) is 6.07 Å². The maximum absolute atomic E-state index is 10.7. The number of carboxylic acids is 1. The Morgan fingerprint density at radius 1 is 1.39 bits per heavy atom. The van der Waals surface area contributed by atoms with Gasteiger partial charge in [0.1, 0.15) is 0 Å². The average molecular weight is 252 g/mol. The molecule has 18 heavy (non-hydrogen) atoms. The summed E-state index contributed by atoms with van der Waals surface area (Å²) in [5, 5.41) is 16.5. The first kappa shape index (κ1) is 14.4. The number of rotatable bonds is 6. The number of hydrogen-bond donors (Lipinski definition) is 1. The van der Waals surface area contributed by atoms with E-state index in [-0.39, 0.29) is 11.7 Å². The van der Waals surface area contributed by atoms with Gasteiger partial charge in [-0.3, -0.25) is 0 Å². The van der Waals surface area contributed by atoms with E-state index in [9.17, 15) is 4.79 Å². The fourth-order valence-electron chi connectivity index (χ4n) is 1.92. The van der Waals surface area contributed by atoms with Crippen molar-refractivity contribution in [3.63, 3.8) is 0 Å². The Kier molecular flexibility index (Phi) is 5.03. The van der Waals surface area contributed by atoms with E-state index < -0.39 is 5.97 Å². The van der Waals surface area contributed by atoms with Gasteiger partial charge in [0.2, 0.25) is 0 Å². The molecule has 1 unspecified atom stereocenters. The maximum atomic E-state index is 10.7. The third kappa shape index (κ3) is 3.66. The summed E-state index contributed by atoms with van der Waals surface area (Å²) in [5.41, 5.74) is -0.0323. The van der Waals surface area contributed by atoms with Gasteiger partial charge in [0.25, 0.3) is 0 Å². The molecule has 0 radical (unpaired) electrons. The first-order valence-corrected chi connectivity index (χ1v) is 5.94. The van der Waals surface area contributed by atoms with Crippen LogP contribution in [0.3, 0.4) is 0 Å². The Morgan fingerprint density at radius 3 is 2.44 bits per heavy atom. The van der Waals surface area contributed by atoms with Crippen LogP contribution in [0.4, 0.5) is 5.82 Å². The van der Waals surface area contributed by atoms with E-state index in [0.717, 1.165) is 13.1 Å². The predicted octanol–water partition coefficient (Wildman–Crippen LogP) is 0.951. The first-order chi connectivity index (χ1) is 8.45. The van der Waals surface area contributed by atoms with E-state index >= 15 is 0 Å². The second-order valence-corrected chi connectivity index (χ2v) is 4.48. The zero-order valence-electron chi connectivity index (χ0n) is 11.3. The predicted molar refractivity (Wildman–Crippen MR) is 70.0 cm³/mol. The average Bonchev–Trinajstić information content (AvgIpc) is 2.29. The van der Waals surface area contributed by atoms with Crippen molar-refractivity contribution in [2.24, 2.45) is 0 Å². The Balaban J connectivity index is 2.85. The molecule has 1 rings (SSSR count). The number of nitrogens with zero attached hydrogens (tertiary/aromatic N) is 4. The molecule has 1 atom stereocenters. The van der Waals surface area contributed by atoms with Crippen LogP contribution in [0.2, 0.25) is 0 Å². The smallest absolute Gasteiger partial charge is 0.356 e. The second kappa shape index (κ2) is 6.30. The molecule has 1 heterocycles. The molecule has 6 heteroatoms. The van der Waals surface area contributed by atoms with Crippen molar-refractivity contribution in [1.82, 2.24) is 15.1 Å². The molecule has 6 nitrogen and oxygen atoms in total. The molecule has 0 saturated heterocycles. The minimum Gasteiger partial charge on any atom is -0.476 e. The number of hydrogen-bond acceptors (Lipinski definition) is 5. The van der Waals surface area contributed by atoms with Crippen LogP contribution in [0.25, 0.3) is 0 Å². The van der Waals surface area contributed by atoms with Crippen LogP contribution < -0.4 is 4.90 Å². The summed E-state index contributed by atoms with van der Waals surface area (Å²) in [6.07, 6.45) is 0. The number of carbonyl (C=O) groups is 1. The number of carboxylic acid groups (broad SMARTS) is 1. The van der Waals surface area contributed by atoms with E-state index in [1.165, 1.54) is 6.07 Å². The monoisotopic (exact) mass is 252 g/mol. The van der Waals surface area contributed by atoms with Gasteiger partial charge in [0.05, 0.1) is 0 Å². The minimum absolute atomic E-state index is 0.0323. The lowest BCUT2D eigenvalue weighted by Gasteiger charge is -2.30. The summed E-state index contributed by atoms with van der Waals surface area (Å²) >= 11 is 0. The quantitative estimate of drug-likeness (QED) is 0.813.